The number of amides is 1. The molecule has 0 saturated carbocycles. The zero-order chi connectivity index (χ0) is 13.7. The molecule has 0 unspecified atom stereocenters. The molecule has 2 heterocycles. The molecule has 0 N–H and O–H groups in total. The number of carbonyl (C=O) groups is 1. The Hall–Kier alpha value is -1.19. The molecule has 0 bridgehead atoms. The summed E-state index contributed by atoms with van der Waals surface area (Å²) in [6, 6.07) is 0.457. The van der Waals surface area contributed by atoms with Gasteiger partial charge < -0.3 is 9.64 Å². The van der Waals surface area contributed by atoms with Crippen LogP contribution in [0.4, 0.5) is 4.79 Å². The molecule has 8 nitrogen and oxygen atoms in total. The van der Waals surface area contributed by atoms with Crippen LogP contribution in [-0.4, -0.2) is 69.7 Å². The lowest BCUT2D eigenvalue weighted by Gasteiger charge is -2.39. The molecule has 2 aliphatic rings. The van der Waals surface area contributed by atoms with Crippen molar-refractivity contribution in [3.8, 4) is 0 Å². The topological polar surface area (TPSA) is 88.5 Å². The molecule has 108 valence electrons. The predicted octanol–water partition coefficient (Wildman–Crippen LogP) is -0.103. The second kappa shape index (κ2) is 6.83. The van der Waals surface area contributed by atoms with Crippen LogP contribution in [0.2, 0.25) is 0 Å². The highest BCUT2D eigenvalue weighted by atomic mass is 32.2. The Morgan fingerprint density at radius 3 is 2.37 bits per heavy atom. The minimum atomic E-state index is -2.72. The first-order valence-electron chi connectivity index (χ1n) is 6.25. The van der Waals surface area contributed by atoms with E-state index in [1.165, 1.54) is 4.90 Å². The molecule has 2 fully saturated rings. The monoisotopic (exact) mass is 291 g/mol. The van der Waals surface area contributed by atoms with Crippen molar-refractivity contribution in [1.29, 1.82) is 0 Å². The molecule has 0 aromatic heterocycles. The first-order chi connectivity index (χ1) is 9.16. The Morgan fingerprint density at radius 2 is 1.79 bits per heavy atom. The highest BCUT2D eigenvalue weighted by Crippen LogP contribution is 2.18. The lowest BCUT2D eigenvalue weighted by Crippen LogP contribution is -2.50. The summed E-state index contributed by atoms with van der Waals surface area (Å²) in [6.45, 7) is 4.50. The summed E-state index contributed by atoms with van der Waals surface area (Å²) in [7, 11) is -2.72. The summed E-state index contributed by atoms with van der Waals surface area (Å²) in [5, 5.41) is 0. The molecule has 0 radical (unpaired) electrons. The third kappa shape index (κ3) is 4.15. The van der Waals surface area contributed by atoms with Crippen molar-refractivity contribution in [2.45, 2.75) is 18.9 Å². The van der Waals surface area contributed by atoms with Gasteiger partial charge in [0, 0.05) is 32.2 Å². The summed E-state index contributed by atoms with van der Waals surface area (Å²) in [6.07, 6.45) is 1.01. The zero-order valence-electron chi connectivity index (χ0n) is 10.5. The van der Waals surface area contributed by atoms with Crippen LogP contribution in [0.5, 0.6) is 0 Å². The fraction of sp³-hybridized carbons (Fsp3) is 0.900. The molecular weight excluding hydrogens is 274 g/mol. The van der Waals surface area contributed by atoms with Gasteiger partial charge in [-0.15, -0.1) is 0 Å². The highest BCUT2D eigenvalue weighted by Gasteiger charge is 2.28. The molecule has 0 aliphatic carbocycles. The fourth-order valence-electron chi connectivity index (χ4n) is 2.48. The summed E-state index contributed by atoms with van der Waals surface area (Å²) >= 11 is 0. The number of hydrogen-bond acceptors (Lipinski definition) is 7. The van der Waals surface area contributed by atoms with Gasteiger partial charge in [-0.3, -0.25) is 9.74 Å². The fourth-order valence-corrected chi connectivity index (χ4v) is 2.60. The van der Waals surface area contributed by atoms with Gasteiger partial charge in [-0.2, -0.15) is 8.42 Å². The van der Waals surface area contributed by atoms with E-state index in [4.69, 9.17) is 4.74 Å². The second-order valence-corrected chi connectivity index (χ2v) is 5.10. The van der Waals surface area contributed by atoms with E-state index in [0.29, 0.717) is 19.1 Å². The summed E-state index contributed by atoms with van der Waals surface area (Å²) in [4.78, 5) is 19.6. The largest absolute Gasteiger partial charge is 0.436 e. The maximum atomic E-state index is 11.5. The van der Waals surface area contributed by atoms with Gasteiger partial charge >= 0.3 is 16.6 Å². The minimum Gasteiger partial charge on any atom is -0.379 e. The average Bonchev–Trinajstić information content (AvgIpc) is 2.46. The van der Waals surface area contributed by atoms with E-state index in [2.05, 4.69) is 14.3 Å². The van der Waals surface area contributed by atoms with E-state index >= 15 is 0 Å². The quantitative estimate of drug-likeness (QED) is 0.660. The average molecular weight is 291 g/mol. The number of hydrogen-bond donors (Lipinski definition) is 0. The lowest BCUT2D eigenvalue weighted by molar-refractivity contribution is 0.000475. The van der Waals surface area contributed by atoms with Crippen molar-refractivity contribution in [3.05, 3.63) is 0 Å². The molecule has 2 rings (SSSR count). The Bertz CT molecular complexity index is 430. The maximum Gasteiger partial charge on any atom is 0.436 e. The molecular formula is C10H17N3O5S. The van der Waals surface area contributed by atoms with E-state index in [1.54, 1.807) is 0 Å². The molecule has 1 amide bonds. The van der Waals surface area contributed by atoms with Crippen molar-refractivity contribution >= 4 is 16.6 Å². The van der Waals surface area contributed by atoms with Crippen LogP contribution < -0.4 is 0 Å². The van der Waals surface area contributed by atoms with Gasteiger partial charge in [0.05, 0.1) is 17.7 Å². The van der Waals surface area contributed by atoms with E-state index in [0.717, 1.165) is 39.1 Å². The number of carbonyl (C=O) groups excluding carboxylic acids is 1. The van der Waals surface area contributed by atoms with Gasteiger partial charge in [-0.05, 0) is 12.8 Å². The van der Waals surface area contributed by atoms with Gasteiger partial charge in [0.2, 0.25) is 0 Å². The Labute approximate surface area is 112 Å². The molecule has 0 aromatic rings. The maximum absolute atomic E-state index is 11.5. The van der Waals surface area contributed by atoms with Crippen molar-refractivity contribution in [2.75, 3.05) is 39.4 Å². The van der Waals surface area contributed by atoms with E-state index < -0.39 is 16.6 Å². The van der Waals surface area contributed by atoms with Crippen LogP contribution in [0.1, 0.15) is 12.8 Å². The van der Waals surface area contributed by atoms with Crippen LogP contribution in [0.25, 0.3) is 0 Å². The Morgan fingerprint density at radius 1 is 1.16 bits per heavy atom. The number of nitrogens with zero attached hydrogens (tertiary/aromatic N) is 3. The molecule has 0 spiro atoms. The van der Waals surface area contributed by atoms with Gasteiger partial charge in [0.15, 0.2) is 0 Å². The summed E-state index contributed by atoms with van der Waals surface area (Å²) < 4.78 is 28.3. The van der Waals surface area contributed by atoms with E-state index in [9.17, 15) is 13.2 Å². The first kappa shape index (κ1) is 14.2. The Kier molecular flexibility index (Phi) is 5.11. The smallest absolute Gasteiger partial charge is 0.379 e. The number of rotatable bonds is 2. The standard InChI is InChI=1S/C10H17N3O5S/c14-10(18-11-19(15)16)13-3-1-9(2-4-13)12-5-7-17-8-6-12/h9H,1-8H2. The summed E-state index contributed by atoms with van der Waals surface area (Å²) in [5.74, 6) is 0. The van der Waals surface area contributed by atoms with Crippen molar-refractivity contribution in [1.82, 2.24) is 9.80 Å². The second-order valence-electron chi connectivity index (χ2n) is 4.52. The predicted molar refractivity (Wildman–Crippen MR) is 64.8 cm³/mol. The Balaban J connectivity index is 1.78. The van der Waals surface area contributed by atoms with Crippen molar-refractivity contribution in [3.63, 3.8) is 0 Å². The van der Waals surface area contributed by atoms with E-state index in [1.807, 2.05) is 0 Å². The SMILES string of the molecule is O=C(ON=S(=O)=O)N1CCC(N2CCOCC2)CC1. The number of piperidine rings is 1. The number of likely N-dealkylation sites (tertiary alicyclic amines) is 1. The van der Waals surface area contributed by atoms with Gasteiger partial charge in [0.25, 0.3) is 0 Å². The molecule has 9 heteroatoms. The van der Waals surface area contributed by atoms with Crippen LogP contribution in [0, 0.1) is 0 Å². The third-order valence-corrected chi connectivity index (χ3v) is 3.66. The van der Waals surface area contributed by atoms with Crippen LogP contribution in [-0.2, 0) is 20.1 Å². The molecule has 0 atom stereocenters. The van der Waals surface area contributed by atoms with Crippen LogP contribution in [0.15, 0.2) is 4.53 Å². The zero-order valence-corrected chi connectivity index (χ0v) is 11.3. The van der Waals surface area contributed by atoms with Crippen LogP contribution in [0.3, 0.4) is 0 Å². The summed E-state index contributed by atoms with van der Waals surface area (Å²) in [5.41, 5.74) is 0. The molecule has 19 heavy (non-hydrogen) atoms. The normalized spacial score (nSPS) is 22.0. The molecule has 0 aromatic carbocycles. The lowest BCUT2D eigenvalue weighted by atomic mass is 10.0. The van der Waals surface area contributed by atoms with Gasteiger partial charge in [-0.25, -0.2) is 4.79 Å². The minimum absolute atomic E-state index is 0.457. The number of ether oxygens (including phenoxy) is 1. The van der Waals surface area contributed by atoms with E-state index in [-0.39, 0.29) is 0 Å². The van der Waals surface area contributed by atoms with Crippen molar-refractivity contribution < 1.29 is 22.8 Å². The van der Waals surface area contributed by atoms with Crippen molar-refractivity contribution in [2.24, 2.45) is 4.53 Å². The first-order valence-corrected chi connectivity index (χ1v) is 7.28. The highest BCUT2D eigenvalue weighted by molar-refractivity contribution is 7.61. The molecule has 2 saturated heterocycles. The van der Waals surface area contributed by atoms with Crippen LogP contribution >= 0.6 is 0 Å². The third-order valence-electron chi connectivity index (χ3n) is 3.46. The molecule has 2 aliphatic heterocycles. The number of morpholine rings is 1. The van der Waals surface area contributed by atoms with Gasteiger partial charge in [0.1, 0.15) is 0 Å². The van der Waals surface area contributed by atoms with Gasteiger partial charge in [-0.1, -0.05) is 0 Å².